The molecule has 1 aliphatic rings. The molecule has 1 saturated heterocycles. The third-order valence-corrected chi connectivity index (χ3v) is 3.99. The van der Waals surface area contributed by atoms with Crippen LogP contribution in [0.2, 0.25) is 0 Å². The van der Waals surface area contributed by atoms with Crippen LogP contribution in [-0.2, 0) is 9.59 Å². The second-order valence-corrected chi connectivity index (χ2v) is 6.39. The molecule has 5 heteroatoms. The largest absolute Gasteiger partial charge is 0.345 e. The zero-order valence-electron chi connectivity index (χ0n) is 11.6. The van der Waals surface area contributed by atoms with E-state index in [4.69, 9.17) is 0 Å². The Morgan fingerprint density at radius 3 is 2.78 bits per heavy atom. The highest BCUT2D eigenvalue weighted by Gasteiger charge is 2.34. The molecule has 1 N–H and O–H groups in total. The van der Waals surface area contributed by atoms with Crippen molar-refractivity contribution in [3.63, 3.8) is 0 Å². The normalized spacial score (nSPS) is 20.4. The fraction of sp³-hybridized carbons (Fsp3) is 0.846. The molecule has 1 rings (SSSR count). The third-order valence-electron chi connectivity index (χ3n) is 3.00. The van der Waals surface area contributed by atoms with Gasteiger partial charge in [-0.25, -0.2) is 0 Å². The topological polar surface area (TPSA) is 49.4 Å². The number of nitrogens with zero attached hydrogens (tertiary/aromatic N) is 1. The highest BCUT2D eigenvalue weighted by Crippen LogP contribution is 2.16. The Labute approximate surface area is 114 Å². The number of thioether (sulfide) groups is 1. The van der Waals surface area contributed by atoms with Crippen LogP contribution in [0.1, 0.15) is 33.6 Å². The summed E-state index contributed by atoms with van der Waals surface area (Å²) in [6.45, 7) is 7.16. The van der Waals surface area contributed by atoms with Gasteiger partial charge in [-0.3, -0.25) is 9.59 Å². The fourth-order valence-corrected chi connectivity index (χ4v) is 2.76. The molecule has 104 valence electrons. The number of carbonyl (C=O) groups excluding carboxylic acids is 2. The standard InChI is InChI=1S/C13H24N2O2S/c1-4-18-7-5-6-15-11(8-10(2)3)13(17)14-9-12(15)16/h10-11H,4-9H2,1-3H3,(H,14,17). The minimum Gasteiger partial charge on any atom is -0.345 e. The van der Waals surface area contributed by atoms with Crippen LogP contribution in [0.3, 0.4) is 0 Å². The first kappa shape index (κ1) is 15.3. The molecule has 1 atom stereocenters. The Kier molecular flexibility index (Phi) is 6.54. The van der Waals surface area contributed by atoms with Crippen LogP contribution in [0.25, 0.3) is 0 Å². The van der Waals surface area contributed by atoms with Gasteiger partial charge in [-0.1, -0.05) is 20.8 Å². The molecular weight excluding hydrogens is 248 g/mol. The number of rotatable bonds is 7. The summed E-state index contributed by atoms with van der Waals surface area (Å²) < 4.78 is 0. The van der Waals surface area contributed by atoms with Crippen LogP contribution < -0.4 is 5.32 Å². The van der Waals surface area contributed by atoms with Gasteiger partial charge in [0.2, 0.25) is 11.8 Å². The lowest BCUT2D eigenvalue weighted by molar-refractivity contribution is -0.146. The molecule has 0 bridgehead atoms. The van der Waals surface area contributed by atoms with Gasteiger partial charge < -0.3 is 10.2 Å². The summed E-state index contributed by atoms with van der Waals surface area (Å²) in [5.41, 5.74) is 0. The lowest BCUT2D eigenvalue weighted by Crippen LogP contribution is -2.58. The number of carbonyl (C=O) groups is 2. The number of amides is 2. The van der Waals surface area contributed by atoms with Gasteiger partial charge in [-0.2, -0.15) is 11.8 Å². The van der Waals surface area contributed by atoms with E-state index in [0.717, 1.165) is 24.3 Å². The molecule has 1 fully saturated rings. The van der Waals surface area contributed by atoms with Crippen LogP contribution >= 0.6 is 11.8 Å². The Morgan fingerprint density at radius 2 is 2.17 bits per heavy atom. The summed E-state index contributed by atoms with van der Waals surface area (Å²) in [5.74, 6) is 2.63. The van der Waals surface area contributed by atoms with Crippen molar-refractivity contribution < 1.29 is 9.59 Å². The van der Waals surface area contributed by atoms with E-state index in [1.165, 1.54) is 0 Å². The third kappa shape index (κ3) is 4.52. The Morgan fingerprint density at radius 1 is 1.44 bits per heavy atom. The van der Waals surface area contributed by atoms with E-state index in [1.54, 1.807) is 4.90 Å². The molecule has 4 nitrogen and oxygen atoms in total. The summed E-state index contributed by atoms with van der Waals surface area (Å²) >= 11 is 1.88. The molecule has 0 saturated carbocycles. The van der Waals surface area contributed by atoms with Crippen LogP contribution in [0.5, 0.6) is 0 Å². The van der Waals surface area contributed by atoms with Crippen molar-refractivity contribution in [1.29, 1.82) is 0 Å². The van der Waals surface area contributed by atoms with Crippen molar-refractivity contribution >= 4 is 23.6 Å². The molecule has 0 aromatic carbocycles. The molecule has 0 aliphatic carbocycles. The smallest absolute Gasteiger partial charge is 0.243 e. The van der Waals surface area contributed by atoms with Crippen molar-refractivity contribution in [1.82, 2.24) is 10.2 Å². The second-order valence-electron chi connectivity index (χ2n) is 5.00. The summed E-state index contributed by atoms with van der Waals surface area (Å²) in [4.78, 5) is 25.5. The van der Waals surface area contributed by atoms with Gasteiger partial charge in [0, 0.05) is 6.54 Å². The van der Waals surface area contributed by atoms with E-state index in [-0.39, 0.29) is 24.4 Å². The molecule has 1 unspecified atom stereocenters. The van der Waals surface area contributed by atoms with Gasteiger partial charge in [-0.05, 0) is 30.3 Å². The van der Waals surface area contributed by atoms with Gasteiger partial charge >= 0.3 is 0 Å². The van der Waals surface area contributed by atoms with Crippen LogP contribution in [0, 0.1) is 5.92 Å². The zero-order chi connectivity index (χ0) is 13.5. The average Bonchev–Trinajstić information content (AvgIpc) is 2.32. The van der Waals surface area contributed by atoms with E-state index >= 15 is 0 Å². The maximum absolute atomic E-state index is 11.9. The Bertz CT molecular complexity index is 295. The van der Waals surface area contributed by atoms with Crippen molar-refractivity contribution in [3.8, 4) is 0 Å². The highest BCUT2D eigenvalue weighted by atomic mass is 32.2. The summed E-state index contributed by atoms with van der Waals surface area (Å²) in [7, 11) is 0. The second kappa shape index (κ2) is 7.67. The SMILES string of the molecule is CCSCCCN1C(=O)CNC(=O)C1CC(C)C. The number of piperazine rings is 1. The molecule has 0 aromatic heterocycles. The van der Waals surface area contributed by atoms with Crippen LogP contribution in [0.15, 0.2) is 0 Å². The van der Waals surface area contributed by atoms with Crippen molar-refractivity contribution in [2.45, 2.75) is 39.7 Å². The Balaban J connectivity index is 2.55. The lowest BCUT2D eigenvalue weighted by Gasteiger charge is -2.35. The van der Waals surface area contributed by atoms with E-state index in [2.05, 4.69) is 26.1 Å². The zero-order valence-corrected chi connectivity index (χ0v) is 12.4. The summed E-state index contributed by atoms with van der Waals surface area (Å²) in [6.07, 6.45) is 1.71. The monoisotopic (exact) mass is 272 g/mol. The highest BCUT2D eigenvalue weighted by molar-refractivity contribution is 7.99. The first-order valence-corrected chi connectivity index (χ1v) is 7.86. The maximum atomic E-state index is 11.9. The molecule has 0 radical (unpaired) electrons. The first-order chi connectivity index (χ1) is 8.56. The number of hydrogen-bond acceptors (Lipinski definition) is 3. The van der Waals surface area contributed by atoms with Gasteiger partial charge in [-0.15, -0.1) is 0 Å². The molecule has 1 aliphatic heterocycles. The average molecular weight is 272 g/mol. The van der Waals surface area contributed by atoms with E-state index < -0.39 is 0 Å². The number of hydrogen-bond donors (Lipinski definition) is 1. The first-order valence-electron chi connectivity index (χ1n) is 6.71. The van der Waals surface area contributed by atoms with Crippen molar-refractivity contribution in [2.75, 3.05) is 24.6 Å². The summed E-state index contributed by atoms with van der Waals surface area (Å²) in [5, 5.41) is 2.68. The van der Waals surface area contributed by atoms with Gasteiger partial charge in [0.25, 0.3) is 0 Å². The molecule has 2 amide bonds. The van der Waals surface area contributed by atoms with Gasteiger partial charge in [0.05, 0.1) is 6.54 Å². The minimum atomic E-state index is -0.266. The molecule has 18 heavy (non-hydrogen) atoms. The molecule has 0 spiro atoms. The minimum absolute atomic E-state index is 0.00597. The van der Waals surface area contributed by atoms with Crippen LogP contribution in [-0.4, -0.2) is 47.4 Å². The van der Waals surface area contributed by atoms with E-state index in [9.17, 15) is 9.59 Å². The Hall–Kier alpha value is -0.710. The quantitative estimate of drug-likeness (QED) is 0.715. The molecule has 1 heterocycles. The maximum Gasteiger partial charge on any atom is 0.243 e. The van der Waals surface area contributed by atoms with Crippen LogP contribution in [0.4, 0.5) is 0 Å². The number of nitrogens with one attached hydrogen (secondary N) is 1. The van der Waals surface area contributed by atoms with E-state index in [0.29, 0.717) is 12.5 Å². The van der Waals surface area contributed by atoms with E-state index in [1.807, 2.05) is 11.8 Å². The fourth-order valence-electron chi connectivity index (χ4n) is 2.14. The van der Waals surface area contributed by atoms with Crippen molar-refractivity contribution in [3.05, 3.63) is 0 Å². The predicted molar refractivity (Wildman–Crippen MR) is 75.6 cm³/mol. The predicted octanol–water partition coefficient (Wildman–Crippen LogP) is 1.50. The lowest BCUT2D eigenvalue weighted by atomic mass is 10.00. The molecule has 0 aromatic rings. The van der Waals surface area contributed by atoms with Gasteiger partial charge in [0.1, 0.15) is 6.04 Å². The van der Waals surface area contributed by atoms with Gasteiger partial charge in [0.15, 0.2) is 0 Å². The summed E-state index contributed by atoms with van der Waals surface area (Å²) in [6, 6.07) is -0.266. The molecular formula is C13H24N2O2S. The van der Waals surface area contributed by atoms with Crippen molar-refractivity contribution in [2.24, 2.45) is 5.92 Å².